The number of amides is 2. The van der Waals surface area contributed by atoms with Gasteiger partial charge in [0.25, 0.3) is 5.69 Å². The summed E-state index contributed by atoms with van der Waals surface area (Å²) in [6.45, 7) is 0.304. The lowest BCUT2D eigenvalue weighted by atomic mass is 9.85. The van der Waals surface area contributed by atoms with Gasteiger partial charge in [0, 0.05) is 12.1 Å². The van der Waals surface area contributed by atoms with Crippen LogP contribution in [0.15, 0.2) is 78.9 Å². The van der Waals surface area contributed by atoms with Crippen molar-refractivity contribution in [1.82, 2.24) is 0 Å². The van der Waals surface area contributed by atoms with Crippen LogP contribution in [0.2, 0.25) is 5.02 Å². The summed E-state index contributed by atoms with van der Waals surface area (Å²) in [5.74, 6) is 1.18. The first-order valence-electron chi connectivity index (χ1n) is 11.9. The van der Waals surface area contributed by atoms with Crippen LogP contribution in [-0.4, -0.2) is 16.7 Å². The van der Waals surface area contributed by atoms with Crippen molar-refractivity contribution in [3.63, 3.8) is 0 Å². The summed E-state index contributed by atoms with van der Waals surface area (Å²) in [6, 6.07) is 18.2. The molecule has 6 rings (SSSR count). The average molecular weight is 517 g/mol. The van der Waals surface area contributed by atoms with Crippen LogP contribution in [0, 0.1) is 33.8 Å². The van der Waals surface area contributed by atoms with Gasteiger partial charge in [0.1, 0.15) is 23.9 Å². The van der Waals surface area contributed by atoms with Crippen LogP contribution >= 0.6 is 11.6 Å². The zero-order chi connectivity index (χ0) is 25.7. The molecule has 3 aliphatic rings. The molecule has 9 heteroatoms. The number of carbonyl (C=O) groups is 2. The second-order valence-electron chi connectivity index (χ2n) is 9.41. The molecule has 0 N–H and O–H groups in total. The molecule has 2 fully saturated rings. The Labute approximate surface area is 217 Å². The molecule has 0 aromatic heterocycles. The highest BCUT2D eigenvalue weighted by atomic mass is 35.5. The Balaban J connectivity index is 1.06. The van der Waals surface area contributed by atoms with Crippen LogP contribution in [0.5, 0.6) is 17.2 Å². The molecule has 0 unspecified atom stereocenters. The van der Waals surface area contributed by atoms with Gasteiger partial charge in [0.05, 0.1) is 27.5 Å². The van der Waals surface area contributed by atoms with Crippen molar-refractivity contribution in [2.45, 2.75) is 13.0 Å². The number of anilines is 1. The van der Waals surface area contributed by atoms with Crippen LogP contribution in [0.4, 0.5) is 11.4 Å². The second kappa shape index (κ2) is 9.05. The molecule has 3 aromatic carbocycles. The van der Waals surface area contributed by atoms with E-state index in [0.717, 1.165) is 12.0 Å². The molecular weight excluding hydrogens is 496 g/mol. The van der Waals surface area contributed by atoms with Gasteiger partial charge >= 0.3 is 0 Å². The summed E-state index contributed by atoms with van der Waals surface area (Å²) in [4.78, 5) is 37.6. The fourth-order valence-electron chi connectivity index (χ4n) is 5.48. The highest BCUT2D eigenvalue weighted by Crippen LogP contribution is 2.53. The molecule has 1 aliphatic heterocycles. The lowest BCUT2D eigenvalue weighted by Gasteiger charge is -2.17. The molecule has 1 saturated carbocycles. The summed E-state index contributed by atoms with van der Waals surface area (Å²) < 4.78 is 11.6. The van der Waals surface area contributed by atoms with Crippen molar-refractivity contribution >= 4 is 34.8 Å². The predicted octanol–water partition coefficient (Wildman–Crippen LogP) is 5.93. The van der Waals surface area contributed by atoms with Crippen molar-refractivity contribution in [2.75, 3.05) is 4.90 Å². The Morgan fingerprint density at radius 2 is 1.51 bits per heavy atom. The maximum Gasteiger partial charge on any atom is 0.271 e. The number of imide groups is 1. The van der Waals surface area contributed by atoms with Crippen molar-refractivity contribution in [1.29, 1.82) is 0 Å². The molecular formula is C28H21ClN2O6. The van der Waals surface area contributed by atoms with Crippen LogP contribution in [-0.2, 0) is 16.2 Å². The zero-order valence-corrected chi connectivity index (χ0v) is 20.2. The molecule has 4 atom stereocenters. The summed E-state index contributed by atoms with van der Waals surface area (Å²) in [7, 11) is 0. The minimum atomic E-state index is -0.519. The fourth-order valence-corrected chi connectivity index (χ4v) is 5.70. The smallest absolute Gasteiger partial charge is 0.271 e. The SMILES string of the molecule is O=C1[C@@H]2[C@H](C(=O)N1c1ccc(OCc3ccc(Oc4ccc([N+](=O)[O-])cc4Cl)cc3)cc1)[C@H]1C=C[C@H]2C1. The highest BCUT2D eigenvalue weighted by Gasteiger charge is 2.59. The number of ether oxygens (including phenoxy) is 2. The number of halogens is 1. The maximum atomic E-state index is 13.0. The number of rotatable bonds is 7. The van der Waals surface area contributed by atoms with Crippen molar-refractivity contribution in [2.24, 2.45) is 23.7 Å². The van der Waals surface area contributed by atoms with E-state index in [-0.39, 0.29) is 46.2 Å². The Morgan fingerprint density at radius 3 is 2.11 bits per heavy atom. The number of nitro groups is 1. The lowest BCUT2D eigenvalue weighted by molar-refractivity contribution is -0.384. The van der Waals surface area contributed by atoms with Gasteiger partial charge in [-0.3, -0.25) is 24.6 Å². The molecule has 8 nitrogen and oxygen atoms in total. The standard InChI is InChI=1S/C28H21ClN2O6/c29-23-14-20(31(34)35)7-12-24(23)37-22-8-1-16(2-9-22)15-36-21-10-5-19(6-11-21)30-27(32)25-17-3-4-18(13-17)26(25)28(30)33/h1-12,14,17-18,25-26H,13,15H2/t17-,18-,25-,26+/m0/s1. The van der Waals surface area contributed by atoms with Gasteiger partial charge in [-0.15, -0.1) is 0 Å². The van der Waals surface area contributed by atoms with E-state index in [1.807, 2.05) is 12.1 Å². The topological polar surface area (TPSA) is 99.0 Å². The van der Waals surface area contributed by atoms with Gasteiger partial charge in [-0.1, -0.05) is 35.9 Å². The first kappa shape index (κ1) is 23.2. The second-order valence-corrected chi connectivity index (χ2v) is 9.82. The van der Waals surface area contributed by atoms with E-state index in [2.05, 4.69) is 12.2 Å². The lowest BCUT2D eigenvalue weighted by Crippen LogP contribution is -2.32. The summed E-state index contributed by atoms with van der Waals surface area (Å²) in [6.07, 6.45) is 5.08. The van der Waals surface area contributed by atoms with Gasteiger partial charge in [-0.25, -0.2) is 0 Å². The van der Waals surface area contributed by atoms with Crippen LogP contribution in [0.3, 0.4) is 0 Å². The Bertz CT molecular complexity index is 1410. The molecule has 2 bridgehead atoms. The third-order valence-electron chi connectivity index (χ3n) is 7.25. The zero-order valence-electron chi connectivity index (χ0n) is 19.5. The number of nitro benzene ring substituents is 1. The molecule has 2 aliphatic carbocycles. The molecule has 1 heterocycles. The monoisotopic (exact) mass is 516 g/mol. The normalized spacial score (nSPS) is 23.4. The molecule has 0 radical (unpaired) electrons. The van der Waals surface area contributed by atoms with Gasteiger partial charge in [0.15, 0.2) is 0 Å². The summed E-state index contributed by atoms with van der Waals surface area (Å²) in [5, 5.41) is 11.0. The van der Waals surface area contributed by atoms with E-state index in [4.69, 9.17) is 21.1 Å². The largest absolute Gasteiger partial charge is 0.489 e. The predicted molar refractivity (Wildman–Crippen MR) is 136 cm³/mol. The van der Waals surface area contributed by atoms with Crippen molar-refractivity contribution in [3.05, 3.63) is 99.6 Å². The Hall–Kier alpha value is -4.17. The van der Waals surface area contributed by atoms with E-state index in [9.17, 15) is 19.7 Å². The van der Waals surface area contributed by atoms with Crippen LogP contribution in [0.25, 0.3) is 0 Å². The molecule has 0 spiro atoms. The Kier molecular flexibility index (Phi) is 5.68. The summed E-state index contributed by atoms with van der Waals surface area (Å²) in [5.41, 5.74) is 1.36. The number of hydrogen-bond acceptors (Lipinski definition) is 6. The fraction of sp³-hybridized carbons (Fsp3) is 0.214. The van der Waals surface area contributed by atoms with E-state index in [1.165, 1.54) is 23.1 Å². The first-order chi connectivity index (χ1) is 17.9. The molecule has 186 valence electrons. The number of nitrogens with zero attached hydrogens (tertiary/aromatic N) is 2. The Morgan fingerprint density at radius 1 is 0.892 bits per heavy atom. The van der Waals surface area contributed by atoms with E-state index < -0.39 is 4.92 Å². The number of hydrogen-bond donors (Lipinski definition) is 0. The van der Waals surface area contributed by atoms with Crippen LogP contribution < -0.4 is 14.4 Å². The molecule has 2 amide bonds. The quantitative estimate of drug-likeness (QED) is 0.167. The minimum absolute atomic E-state index is 0.0992. The van der Waals surface area contributed by atoms with E-state index in [0.29, 0.717) is 29.5 Å². The van der Waals surface area contributed by atoms with Gasteiger partial charge in [0.2, 0.25) is 11.8 Å². The third-order valence-corrected chi connectivity index (χ3v) is 7.54. The van der Waals surface area contributed by atoms with E-state index in [1.54, 1.807) is 36.4 Å². The van der Waals surface area contributed by atoms with Gasteiger partial charge < -0.3 is 9.47 Å². The molecule has 1 saturated heterocycles. The highest BCUT2D eigenvalue weighted by molar-refractivity contribution is 6.32. The number of fused-ring (bicyclic) bond motifs is 5. The molecule has 37 heavy (non-hydrogen) atoms. The maximum absolute atomic E-state index is 13.0. The number of benzene rings is 3. The minimum Gasteiger partial charge on any atom is -0.489 e. The third kappa shape index (κ3) is 4.13. The number of non-ortho nitro benzene ring substituents is 1. The van der Waals surface area contributed by atoms with Gasteiger partial charge in [-0.05, 0) is 66.3 Å². The van der Waals surface area contributed by atoms with E-state index >= 15 is 0 Å². The summed E-state index contributed by atoms with van der Waals surface area (Å²) >= 11 is 6.09. The van der Waals surface area contributed by atoms with Crippen molar-refractivity contribution < 1.29 is 24.0 Å². The molecule has 3 aromatic rings. The van der Waals surface area contributed by atoms with Crippen LogP contribution in [0.1, 0.15) is 12.0 Å². The first-order valence-corrected chi connectivity index (χ1v) is 12.3. The average Bonchev–Trinajstić information content (AvgIpc) is 3.59. The van der Waals surface area contributed by atoms with Gasteiger partial charge in [-0.2, -0.15) is 0 Å². The van der Waals surface area contributed by atoms with Crippen molar-refractivity contribution in [3.8, 4) is 17.2 Å². The number of carbonyl (C=O) groups excluding carboxylic acids is 2. The number of allylic oxidation sites excluding steroid dienone is 2.